The molecular weight excluding hydrogens is 315 g/mol. The van der Waals surface area contributed by atoms with Crippen LogP contribution in [0.25, 0.3) is 5.69 Å². The van der Waals surface area contributed by atoms with Gasteiger partial charge in [-0.25, -0.2) is 9.07 Å². The minimum Gasteiger partial charge on any atom is -0.504 e. The number of carbonyl (C=O) groups excluding carboxylic acids is 2. The summed E-state index contributed by atoms with van der Waals surface area (Å²) in [6, 6.07) is 5.44. The number of halogens is 1. The minimum absolute atomic E-state index is 0.0667. The standard InChI is InChI=1S/C16H17FN4O3/c1-10-7-19(2)14(23)9-20(10)16(24)15-13(22)8-21(18-15)12-5-3-4-11(17)6-12/h3-6,8,10,22H,7,9H2,1-2H3. The highest BCUT2D eigenvalue weighted by atomic mass is 19.1. The van der Waals surface area contributed by atoms with Gasteiger partial charge in [0.15, 0.2) is 11.4 Å². The van der Waals surface area contributed by atoms with Crippen LogP contribution in [0.15, 0.2) is 30.5 Å². The fraction of sp³-hybridized carbons (Fsp3) is 0.312. The van der Waals surface area contributed by atoms with Crippen molar-refractivity contribution < 1.29 is 19.1 Å². The summed E-state index contributed by atoms with van der Waals surface area (Å²) in [5, 5.41) is 14.1. The number of hydrogen-bond acceptors (Lipinski definition) is 4. The van der Waals surface area contributed by atoms with E-state index in [2.05, 4.69) is 5.10 Å². The molecule has 1 saturated heterocycles. The predicted octanol–water partition coefficient (Wildman–Crippen LogP) is 1.02. The molecule has 0 radical (unpaired) electrons. The van der Waals surface area contributed by atoms with Crippen molar-refractivity contribution in [3.05, 3.63) is 42.0 Å². The first-order valence-electron chi connectivity index (χ1n) is 7.46. The number of carbonyl (C=O) groups is 2. The second-order valence-corrected chi connectivity index (χ2v) is 5.84. The Bertz CT molecular complexity index is 804. The van der Waals surface area contributed by atoms with E-state index in [9.17, 15) is 19.1 Å². The summed E-state index contributed by atoms with van der Waals surface area (Å²) in [4.78, 5) is 27.4. The average Bonchev–Trinajstić information content (AvgIpc) is 2.92. The summed E-state index contributed by atoms with van der Waals surface area (Å²) in [6.45, 7) is 2.17. The second-order valence-electron chi connectivity index (χ2n) is 5.84. The molecule has 3 rings (SSSR count). The van der Waals surface area contributed by atoms with Crippen molar-refractivity contribution in [2.45, 2.75) is 13.0 Å². The van der Waals surface area contributed by atoms with E-state index < -0.39 is 11.7 Å². The SMILES string of the molecule is CC1CN(C)C(=O)CN1C(=O)c1nn(-c2cccc(F)c2)cc1O. The molecule has 1 unspecified atom stereocenters. The molecule has 0 spiro atoms. The molecular formula is C16H17FN4O3. The zero-order valence-electron chi connectivity index (χ0n) is 13.3. The van der Waals surface area contributed by atoms with Crippen molar-refractivity contribution in [3.63, 3.8) is 0 Å². The Morgan fingerprint density at radius 1 is 1.42 bits per heavy atom. The molecule has 8 heteroatoms. The lowest BCUT2D eigenvalue weighted by Gasteiger charge is -2.37. The molecule has 1 fully saturated rings. The van der Waals surface area contributed by atoms with Gasteiger partial charge < -0.3 is 14.9 Å². The molecule has 0 saturated carbocycles. The summed E-state index contributed by atoms with van der Waals surface area (Å²) < 4.78 is 14.5. The summed E-state index contributed by atoms with van der Waals surface area (Å²) in [7, 11) is 1.68. The van der Waals surface area contributed by atoms with E-state index in [4.69, 9.17) is 0 Å². The van der Waals surface area contributed by atoms with Crippen LogP contribution in [0.3, 0.4) is 0 Å². The Kier molecular flexibility index (Phi) is 3.96. The van der Waals surface area contributed by atoms with E-state index in [0.717, 1.165) is 0 Å². The van der Waals surface area contributed by atoms with Crippen LogP contribution >= 0.6 is 0 Å². The number of hydrogen-bond donors (Lipinski definition) is 1. The maximum Gasteiger partial charge on any atom is 0.279 e. The Hall–Kier alpha value is -2.90. The van der Waals surface area contributed by atoms with Gasteiger partial charge in [-0.2, -0.15) is 5.10 Å². The predicted molar refractivity (Wildman–Crippen MR) is 83.3 cm³/mol. The Morgan fingerprint density at radius 2 is 2.17 bits per heavy atom. The van der Waals surface area contributed by atoms with Crippen LogP contribution in [0, 0.1) is 5.82 Å². The van der Waals surface area contributed by atoms with Gasteiger partial charge in [0.05, 0.1) is 11.9 Å². The molecule has 2 heterocycles. The molecule has 1 atom stereocenters. The van der Waals surface area contributed by atoms with Gasteiger partial charge in [-0.1, -0.05) is 6.07 Å². The molecule has 1 aliphatic heterocycles. The van der Waals surface area contributed by atoms with E-state index in [1.165, 1.54) is 34.0 Å². The van der Waals surface area contributed by atoms with E-state index in [0.29, 0.717) is 12.2 Å². The number of nitrogens with zero attached hydrogens (tertiary/aromatic N) is 4. The number of aromatic hydroxyl groups is 1. The first-order valence-corrected chi connectivity index (χ1v) is 7.46. The van der Waals surface area contributed by atoms with Crippen molar-refractivity contribution in [1.29, 1.82) is 0 Å². The van der Waals surface area contributed by atoms with Crippen molar-refractivity contribution >= 4 is 11.8 Å². The van der Waals surface area contributed by atoms with Gasteiger partial charge in [0.25, 0.3) is 5.91 Å². The molecule has 126 valence electrons. The zero-order chi connectivity index (χ0) is 17.4. The number of amides is 2. The monoisotopic (exact) mass is 332 g/mol. The first-order chi connectivity index (χ1) is 11.4. The summed E-state index contributed by atoms with van der Waals surface area (Å²) in [5.74, 6) is -1.47. The molecule has 1 N–H and O–H groups in total. The van der Waals surface area contributed by atoms with Gasteiger partial charge in [-0.05, 0) is 25.1 Å². The lowest BCUT2D eigenvalue weighted by Crippen LogP contribution is -2.55. The van der Waals surface area contributed by atoms with Crippen LogP contribution in [0.4, 0.5) is 4.39 Å². The Labute approximate surface area is 137 Å². The van der Waals surface area contributed by atoms with Gasteiger partial charge in [0.1, 0.15) is 12.4 Å². The number of piperazine rings is 1. The molecule has 1 aromatic heterocycles. The first kappa shape index (κ1) is 16.0. The van der Waals surface area contributed by atoms with Crippen molar-refractivity contribution in [1.82, 2.24) is 19.6 Å². The highest BCUT2D eigenvalue weighted by molar-refractivity contribution is 5.97. The second kappa shape index (κ2) is 5.95. The lowest BCUT2D eigenvalue weighted by molar-refractivity contribution is -0.135. The van der Waals surface area contributed by atoms with Crippen molar-refractivity contribution in [2.75, 3.05) is 20.1 Å². The largest absolute Gasteiger partial charge is 0.504 e. The number of likely N-dealkylation sites (N-methyl/N-ethyl adjacent to an activating group) is 1. The summed E-state index contributed by atoms with van der Waals surface area (Å²) in [6.07, 6.45) is 1.24. The normalized spacial score (nSPS) is 18.1. The molecule has 1 aromatic carbocycles. The lowest BCUT2D eigenvalue weighted by atomic mass is 10.1. The van der Waals surface area contributed by atoms with Crippen LogP contribution in [-0.2, 0) is 4.79 Å². The van der Waals surface area contributed by atoms with Crippen molar-refractivity contribution in [3.8, 4) is 11.4 Å². The molecule has 1 aliphatic rings. The van der Waals surface area contributed by atoms with Crippen LogP contribution < -0.4 is 0 Å². The Morgan fingerprint density at radius 3 is 2.88 bits per heavy atom. The van der Waals surface area contributed by atoms with Crippen LogP contribution in [0.2, 0.25) is 0 Å². The van der Waals surface area contributed by atoms with Gasteiger partial charge in [0, 0.05) is 19.6 Å². The van der Waals surface area contributed by atoms with Gasteiger partial charge >= 0.3 is 0 Å². The van der Waals surface area contributed by atoms with E-state index in [-0.39, 0.29) is 29.9 Å². The average molecular weight is 332 g/mol. The van der Waals surface area contributed by atoms with Crippen LogP contribution in [0.5, 0.6) is 5.75 Å². The quantitative estimate of drug-likeness (QED) is 0.891. The minimum atomic E-state index is -0.531. The Balaban J connectivity index is 1.90. The van der Waals surface area contributed by atoms with Crippen molar-refractivity contribution in [2.24, 2.45) is 0 Å². The van der Waals surface area contributed by atoms with Crippen LogP contribution in [-0.4, -0.2) is 62.7 Å². The highest BCUT2D eigenvalue weighted by Gasteiger charge is 2.33. The van der Waals surface area contributed by atoms with Gasteiger partial charge in [-0.15, -0.1) is 0 Å². The maximum atomic E-state index is 13.3. The fourth-order valence-corrected chi connectivity index (χ4v) is 2.70. The van der Waals surface area contributed by atoms with E-state index >= 15 is 0 Å². The molecule has 7 nitrogen and oxygen atoms in total. The zero-order valence-corrected chi connectivity index (χ0v) is 13.3. The van der Waals surface area contributed by atoms with E-state index in [1.54, 1.807) is 18.0 Å². The molecule has 0 aliphatic carbocycles. The summed E-state index contributed by atoms with van der Waals surface area (Å²) in [5.41, 5.74) is 0.218. The van der Waals surface area contributed by atoms with E-state index in [1.807, 2.05) is 6.92 Å². The van der Waals surface area contributed by atoms with Crippen LogP contribution in [0.1, 0.15) is 17.4 Å². The third-order valence-corrected chi connectivity index (χ3v) is 4.03. The highest BCUT2D eigenvalue weighted by Crippen LogP contribution is 2.22. The fourth-order valence-electron chi connectivity index (χ4n) is 2.70. The molecule has 24 heavy (non-hydrogen) atoms. The smallest absolute Gasteiger partial charge is 0.279 e. The summed E-state index contributed by atoms with van der Waals surface area (Å²) >= 11 is 0. The maximum absolute atomic E-state index is 13.3. The van der Waals surface area contributed by atoms with Gasteiger partial charge in [-0.3, -0.25) is 9.59 Å². The molecule has 2 aromatic rings. The third kappa shape index (κ3) is 2.82. The number of aromatic nitrogens is 2. The third-order valence-electron chi connectivity index (χ3n) is 4.03. The topological polar surface area (TPSA) is 78.7 Å². The molecule has 2 amide bonds. The molecule has 0 bridgehead atoms. The van der Waals surface area contributed by atoms with Gasteiger partial charge in [0.2, 0.25) is 5.91 Å². The number of rotatable bonds is 2. The number of benzene rings is 1.